The molecule has 4 amide bonds. The lowest BCUT2D eigenvalue weighted by molar-refractivity contribution is -0.149. The van der Waals surface area contributed by atoms with Crippen LogP contribution in [-0.2, 0) is 19.1 Å². The maximum atomic E-state index is 13.6. The van der Waals surface area contributed by atoms with Gasteiger partial charge >= 0.3 is 18.1 Å². The predicted octanol–water partition coefficient (Wildman–Crippen LogP) is 3.54. The highest BCUT2D eigenvalue weighted by molar-refractivity contribution is 5.95. The second kappa shape index (κ2) is 12.3. The van der Waals surface area contributed by atoms with Crippen LogP contribution in [0.25, 0.3) is 0 Å². The molecule has 2 rings (SSSR count). The number of nitrogens with one attached hydrogen (secondary N) is 2. The SMILES string of the molecule is C=CCCCCN(NC(=O)OC(C)(C)C)C(=O)N1C[C@H](C)C[C@H]1C(=O)N[C@]1(C(=O)OCC)C[C@H]1C=C. The Bertz CT molecular complexity index is 854. The van der Waals surface area contributed by atoms with E-state index in [1.54, 1.807) is 39.8 Å². The number of allylic oxidation sites excluding steroid dienone is 1. The summed E-state index contributed by atoms with van der Waals surface area (Å²) in [5.74, 6) is -1.09. The van der Waals surface area contributed by atoms with Crippen LogP contribution in [0.2, 0.25) is 0 Å². The number of hydrogen-bond acceptors (Lipinski definition) is 6. The molecule has 2 N–H and O–H groups in total. The Morgan fingerprint density at radius 3 is 2.44 bits per heavy atom. The van der Waals surface area contributed by atoms with E-state index in [1.165, 1.54) is 9.91 Å². The van der Waals surface area contributed by atoms with Gasteiger partial charge in [-0.25, -0.2) is 24.8 Å². The molecule has 2 aliphatic rings. The number of urea groups is 1. The molecule has 202 valence electrons. The van der Waals surface area contributed by atoms with Crippen molar-refractivity contribution in [1.29, 1.82) is 0 Å². The van der Waals surface area contributed by atoms with Gasteiger partial charge in [0.25, 0.3) is 0 Å². The summed E-state index contributed by atoms with van der Waals surface area (Å²) in [5, 5.41) is 4.06. The minimum Gasteiger partial charge on any atom is -0.464 e. The summed E-state index contributed by atoms with van der Waals surface area (Å²) in [6.45, 7) is 17.1. The quantitative estimate of drug-likeness (QED) is 0.203. The Hall–Kier alpha value is -3.04. The second-order valence-corrected chi connectivity index (χ2v) is 10.6. The Kier molecular flexibility index (Phi) is 9.95. The number of rotatable bonds is 10. The van der Waals surface area contributed by atoms with E-state index in [1.807, 2.05) is 6.92 Å². The average molecular weight is 507 g/mol. The second-order valence-electron chi connectivity index (χ2n) is 10.6. The Morgan fingerprint density at radius 1 is 1.19 bits per heavy atom. The fourth-order valence-corrected chi connectivity index (χ4v) is 4.39. The van der Waals surface area contributed by atoms with Gasteiger partial charge in [0.15, 0.2) is 0 Å². The van der Waals surface area contributed by atoms with Crippen molar-refractivity contribution in [2.45, 2.75) is 83.9 Å². The molecule has 1 heterocycles. The number of carbonyl (C=O) groups is 4. The van der Waals surface area contributed by atoms with Gasteiger partial charge in [-0.3, -0.25) is 4.79 Å². The lowest BCUT2D eigenvalue weighted by Crippen LogP contribution is -2.58. The van der Waals surface area contributed by atoms with E-state index in [2.05, 4.69) is 23.9 Å². The first kappa shape index (κ1) is 29.2. The number of hydrogen-bond donors (Lipinski definition) is 2. The van der Waals surface area contributed by atoms with E-state index in [9.17, 15) is 19.2 Å². The molecule has 1 saturated heterocycles. The minimum absolute atomic E-state index is 0.0572. The van der Waals surface area contributed by atoms with Crippen molar-refractivity contribution in [3.63, 3.8) is 0 Å². The maximum Gasteiger partial charge on any atom is 0.426 e. The van der Waals surface area contributed by atoms with Crippen LogP contribution in [-0.4, -0.2) is 70.8 Å². The highest BCUT2D eigenvalue weighted by atomic mass is 16.6. The third kappa shape index (κ3) is 7.48. The highest BCUT2D eigenvalue weighted by Gasteiger charge is 2.62. The minimum atomic E-state index is -1.14. The number of unbranched alkanes of at least 4 members (excludes halogenated alkanes) is 2. The van der Waals surface area contributed by atoms with Crippen LogP contribution in [0.3, 0.4) is 0 Å². The number of ether oxygens (including phenoxy) is 2. The summed E-state index contributed by atoms with van der Waals surface area (Å²) >= 11 is 0. The van der Waals surface area contributed by atoms with E-state index < -0.39 is 41.2 Å². The first-order valence-corrected chi connectivity index (χ1v) is 12.7. The number of nitrogens with zero attached hydrogens (tertiary/aromatic N) is 2. The molecule has 0 unspecified atom stereocenters. The molecular weight excluding hydrogens is 464 g/mol. The number of amides is 4. The van der Waals surface area contributed by atoms with Crippen molar-refractivity contribution in [2.24, 2.45) is 11.8 Å². The molecule has 0 aromatic rings. The fourth-order valence-electron chi connectivity index (χ4n) is 4.39. The van der Waals surface area contributed by atoms with Crippen molar-refractivity contribution in [2.75, 3.05) is 19.7 Å². The maximum absolute atomic E-state index is 13.6. The number of hydrazine groups is 1. The molecule has 1 aliphatic heterocycles. The van der Waals surface area contributed by atoms with E-state index in [0.717, 1.165) is 12.8 Å². The van der Waals surface area contributed by atoms with Crippen LogP contribution in [0.1, 0.15) is 66.7 Å². The van der Waals surface area contributed by atoms with Crippen LogP contribution in [0.15, 0.2) is 25.3 Å². The van der Waals surface area contributed by atoms with Gasteiger partial charge in [-0.05, 0) is 65.7 Å². The van der Waals surface area contributed by atoms with E-state index in [4.69, 9.17) is 9.47 Å². The number of carbonyl (C=O) groups excluding carboxylic acids is 4. The fraction of sp³-hybridized carbons (Fsp3) is 0.692. The summed E-state index contributed by atoms with van der Waals surface area (Å²) in [7, 11) is 0. The molecule has 0 spiro atoms. The number of esters is 1. The Balaban J connectivity index is 2.19. The van der Waals surface area contributed by atoms with Crippen molar-refractivity contribution < 1.29 is 28.7 Å². The van der Waals surface area contributed by atoms with Crippen molar-refractivity contribution in [3.05, 3.63) is 25.3 Å². The third-order valence-corrected chi connectivity index (χ3v) is 6.24. The van der Waals surface area contributed by atoms with Gasteiger partial charge in [0.2, 0.25) is 5.91 Å². The zero-order chi connectivity index (χ0) is 27.1. The first-order valence-electron chi connectivity index (χ1n) is 12.7. The molecule has 10 nitrogen and oxygen atoms in total. The zero-order valence-corrected chi connectivity index (χ0v) is 22.3. The Labute approximate surface area is 214 Å². The molecule has 36 heavy (non-hydrogen) atoms. The summed E-state index contributed by atoms with van der Waals surface area (Å²) in [4.78, 5) is 53.5. The van der Waals surface area contributed by atoms with Gasteiger partial charge < -0.3 is 19.7 Å². The lowest BCUT2D eigenvalue weighted by atomic mass is 10.1. The highest BCUT2D eigenvalue weighted by Crippen LogP contribution is 2.45. The molecule has 0 aromatic heterocycles. The topological polar surface area (TPSA) is 117 Å². The van der Waals surface area contributed by atoms with Gasteiger partial charge in [0, 0.05) is 19.0 Å². The van der Waals surface area contributed by atoms with Gasteiger partial charge in [-0.1, -0.05) is 19.1 Å². The smallest absolute Gasteiger partial charge is 0.426 e. The van der Waals surface area contributed by atoms with Gasteiger partial charge in [-0.15, -0.1) is 13.2 Å². The molecule has 10 heteroatoms. The van der Waals surface area contributed by atoms with Crippen LogP contribution in [0.4, 0.5) is 9.59 Å². The van der Waals surface area contributed by atoms with Crippen molar-refractivity contribution >= 4 is 24.0 Å². The summed E-state index contributed by atoms with van der Waals surface area (Å²) in [6, 6.07) is -1.29. The number of likely N-dealkylation sites (tertiary alicyclic amines) is 1. The van der Waals surface area contributed by atoms with Crippen LogP contribution in [0, 0.1) is 11.8 Å². The molecule has 1 aliphatic carbocycles. The van der Waals surface area contributed by atoms with Gasteiger partial charge in [0.05, 0.1) is 6.61 Å². The van der Waals surface area contributed by atoms with E-state index in [-0.39, 0.29) is 25.0 Å². The van der Waals surface area contributed by atoms with E-state index >= 15 is 0 Å². The standard InChI is InChI=1S/C26H42N4O6/c1-8-11-12-13-14-30(28-23(33)36-25(5,6)7)24(34)29-17-18(4)15-20(29)21(31)27-26(16-19(26)9-2)22(32)35-10-3/h8-9,18-20H,1-2,10-17H2,3-7H3,(H,27,31)(H,28,33)/t18-,19-,20+,26-/m1/s1. The molecule has 0 radical (unpaired) electrons. The lowest BCUT2D eigenvalue weighted by Gasteiger charge is -2.32. The van der Waals surface area contributed by atoms with Gasteiger partial charge in [0.1, 0.15) is 17.2 Å². The summed E-state index contributed by atoms with van der Waals surface area (Å²) < 4.78 is 10.5. The molecular formula is C26H42N4O6. The van der Waals surface area contributed by atoms with E-state index in [0.29, 0.717) is 25.8 Å². The van der Waals surface area contributed by atoms with Crippen LogP contribution < -0.4 is 10.7 Å². The van der Waals surface area contributed by atoms with Gasteiger partial charge in [-0.2, -0.15) is 0 Å². The predicted molar refractivity (Wildman–Crippen MR) is 136 cm³/mol. The molecule has 2 fully saturated rings. The molecule has 1 saturated carbocycles. The summed E-state index contributed by atoms with van der Waals surface area (Å²) in [5.41, 5.74) is 0.668. The normalized spacial score (nSPS) is 24.9. The monoisotopic (exact) mass is 506 g/mol. The first-order chi connectivity index (χ1) is 16.9. The zero-order valence-electron chi connectivity index (χ0n) is 22.3. The van der Waals surface area contributed by atoms with Crippen molar-refractivity contribution in [1.82, 2.24) is 20.7 Å². The largest absolute Gasteiger partial charge is 0.464 e. The molecule has 0 bridgehead atoms. The Morgan fingerprint density at radius 2 is 1.89 bits per heavy atom. The van der Waals surface area contributed by atoms with Crippen molar-refractivity contribution in [3.8, 4) is 0 Å². The molecule has 0 aromatic carbocycles. The third-order valence-electron chi connectivity index (χ3n) is 6.24. The van der Waals surface area contributed by atoms with Crippen LogP contribution >= 0.6 is 0 Å². The molecule has 4 atom stereocenters. The average Bonchev–Trinajstić information content (AvgIpc) is 3.36. The summed E-state index contributed by atoms with van der Waals surface area (Å²) in [6.07, 6.45) is 5.71. The van der Waals surface area contributed by atoms with Crippen LogP contribution in [0.5, 0.6) is 0 Å².